The van der Waals surface area contributed by atoms with Crippen LogP contribution in [0.15, 0.2) is 0 Å². The molecule has 3 heteroatoms. The number of hydrogen-bond acceptors (Lipinski definition) is 2. The zero-order valence-corrected chi connectivity index (χ0v) is 8.31. The Morgan fingerprint density at radius 2 is 2.08 bits per heavy atom. The van der Waals surface area contributed by atoms with E-state index in [2.05, 4.69) is 5.32 Å². The number of nitrogens with zero attached hydrogens (tertiary/aromatic N) is 1. The van der Waals surface area contributed by atoms with Crippen LogP contribution < -0.4 is 5.32 Å². The van der Waals surface area contributed by atoms with Crippen molar-refractivity contribution in [3.05, 3.63) is 0 Å². The molecule has 2 heterocycles. The molecule has 0 unspecified atom stereocenters. The molecule has 2 fully saturated rings. The van der Waals surface area contributed by atoms with Crippen LogP contribution in [0.2, 0.25) is 0 Å². The first kappa shape index (κ1) is 9.00. The molecule has 2 aliphatic heterocycles. The van der Waals surface area contributed by atoms with Gasteiger partial charge in [-0.2, -0.15) is 0 Å². The van der Waals surface area contributed by atoms with Crippen molar-refractivity contribution in [3.8, 4) is 0 Å². The predicted molar refractivity (Wildman–Crippen MR) is 51.5 cm³/mol. The van der Waals surface area contributed by atoms with E-state index in [1.165, 1.54) is 6.42 Å². The summed E-state index contributed by atoms with van der Waals surface area (Å²) in [5.41, 5.74) is -0.175. The van der Waals surface area contributed by atoms with E-state index >= 15 is 0 Å². The topological polar surface area (TPSA) is 32.3 Å². The predicted octanol–water partition coefficient (Wildman–Crippen LogP) is 0.751. The lowest BCUT2D eigenvalue weighted by Crippen LogP contribution is -2.52. The Balaban J connectivity index is 2.19. The standard InChI is InChI=1S/C10H18N2O/c1-12-8-3-2-5-10(9(12)13)6-4-7-11-10/h11H,2-8H2,1H3/t10-/m0/s1. The third-order valence-corrected chi connectivity index (χ3v) is 3.35. The van der Waals surface area contributed by atoms with Gasteiger partial charge in [0.2, 0.25) is 5.91 Å². The van der Waals surface area contributed by atoms with Gasteiger partial charge >= 0.3 is 0 Å². The molecule has 1 spiro atoms. The monoisotopic (exact) mass is 182 g/mol. The van der Waals surface area contributed by atoms with Crippen LogP contribution in [0.3, 0.4) is 0 Å². The summed E-state index contributed by atoms with van der Waals surface area (Å²) in [7, 11) is 1.93. The minimum absolute atomic E-state index is 0.175. The van der Waals surface area contributed by atoms with Gasteiger partial charge in [0.15, 0.2) is 0 Å². The van der Waals surface area contributed by atoms with Gasteiger partial charge in [0, 0.05) is 13.6 Å². The number of likely N-dealkylation sites (tertiary alicyclic amines) is 1. The van der Waals surface area contributed by atoms with E-state index in [4.69, 9.17) is 0 Å². The quantitative estimate of drug-likeness (QED) is 0.599. The van der Waals surface area contributed by atoms with Crippen molar-refractivity contribution in [1.29, 1.82) is 0 Å². The van der Waals surface area contributed by atoms with Crippen LogP contribution in [0.1, 0.15) is 32.1 Å². The number of nitrogens with one attached hydrogen (secondary N) is 1. The van der Waals surface area contributed by atoms with E-state index in [1.54, 1.807) is 0 Å². The molecule has 1 atom stereocenters. The summed E-state index contributed by atoms with van der Waals surface area (Å²) >= 11 is 0. The van der Waals surface area contributed by atoms with Crippen molar-refractivity contribution in [2.45, 2.75) is 37.6 Å². The summed E-state index contributed by atoms with van der Waals surface area (Å²) in [6, 6.07) is 0. The number of amides is 1. The van der Waals surface area contributed by atoms with Crippen molar-refractivity contribution < 1.29 is 4.79 Å². The number of likely N-dealkylation sites (N-methyl/N-ethyl adjacent to an activating group) is 1. The zero-order chi connectivity index (χ0) is 9.31. The Hall–Kier alpha value is -0.570. The maximum Gasteiger partial charge on any atom is 0.242 e. The van der Waals surface area contributed by atoms with E-state index in [9.17, 15) is 4.79 Å². The Bertz CT molecular complexity index is 209. The average Bonchev–Trinajstić information content (AvgIpc) is 2.55. The van der Waals surface area contributed by atoms with Crippen molar-refractivity contribution in [2.24, 2.45) is 0 Å². The van der Waals surface area contributed by atoms with E-state index < -0.39 is 0 Å². The van der Waals surface area contributed by atoms with Crippen molar-refractivity contribution in [1.82, 2.24) is 10.2 Å². The second kappa shape index (κ2) is 3.29. The lowest BCUT2D eigenvalue weighted by Gasteiger charge is -2.29. The molecule has 0 aliphatic carbocycles. The SMILES string of the molecule is CN1CCCC[C@]2(CCCN2)C1=O. The number of carbonyl (C=O) groups excluding carboxylic acids is 1. The first-order chi connectivity index (χ1) is 6.25. The van der Waals surface area contributed by atoms with Crippen molar-refractivity contribution in [3.63, 3.8) is 0 Å². The first-order valence-corrected chi connectivity index (χ1v) is 5.25. The second-order valence-corrected chi connectivity index (χ2v) is 4.30. The summed E-state index contributed by atoms with van der Waals surface area (Å²) in [6.07, 6.45) is 5.57. The molecule has 13 heavy (non-hydrogen) atoms. The van der Waals surface area contributed by atoms with Crippen molar-refractivity contribution in [2.75, 3.05) is 20.1 Å². The van der Waals surface area contributed by atoms with Gasteiger partial charge in [0.05, 0.1) is 5.54 Å². The Labute approximate surface area is 79.5 Å². The maximum atomic E-state index is 12.0. The second-order valence-electron chi connectivity index (χ2n) is 4.30. The summed E-state index contributed by atoms with van der Waals surface area (Å²) < 4.78 is 0. The highest BCUT2D eigenvalue weighted by atomic mass is 16.2. The highest BCUT2D eigenvalue weighted by molar-refractivity contribution is 5.86. The van der Waals surface area contributed by atoms with Crippen LogP contribution in [-0.2, 0) is 4.79 Å². The molecule has 1 amide bonds. The highest BCUT2D eigenvalue weighted by Gasteiger charge is 2.42. The normalized spacial score (nSPS) is 35.5. The molecule has 3 nitrogen and oxygen atoms in total. The van der Waals surface area contributed by atoms with E-state index in [0.717, 1.165) is 38.8 Å². The van der Waals surface area contributed by atoms with Gasteiger partial charge in [-0.15, -0.1) is 0 Å². The smallest absolute Gasteiger partial charge is 0.242 e. The van der Waals surface area contributed by atoms with Crippen molar-refractivity contribution >= 4 is 5.91 Å². The number of hydrogen-bond donors (Lipinski definition) is 1. The Morgan fingerprint density at radius 1 is 1.31 bits per heavy atom. The molecule has 74 valence electrons. The lowest BCUT2D eigenvalue weighted by molar-refractivity contribution is -0.135. The van der Waals surface area contributed by atoms with Crippen LogP contribution in [-0.4, -0.2) is 36.5 Å². The largest absolute Gasteiger partial charge is 0.344 e. The molecule has 2 aliphatic rings. The summed E-state index contributed by atoms with van der Waals surface area (Å²) in [6.45, 7) is 1.95. The maximum absolute atomic E-state index is 12.0. The van der Waals surface area contributed by atoms with Crippen LogP contribution in [0.5, 0.6) is 0 Å². The van der Waals surface area contributed by atoms with E-state index in [1.807, 2.05) is 11.9 Å². The summed E-state index contributed by atoms with van der Waals surface area (Å²) in [4.78, 5) is 13.9. The molecular formula is C10H18N2O. The fourth-order valence-corrected chi connectivity index (χ4v) is 2.55. The van der Waals surface area contributed by atoms with Gasteiger partial charge in [-0.05, 0) is 38.6 Å². The van der Waals surface area contributed by atoms with Crippen LogP contribution >= 0.6 is 0 Å². The van der Waals surface area contributed by atoms with Gasteiger partial charge in [0.25, 0.3) is 0 Å². The highest BCUT2D eigenvalue weighted by Crippen LogP contribution is 2.29. The van der Waals surface area contributed by atoms with Gasteiger partial charge < -0.3 is 10.2 Å². The van der Waals surface area contributed by atoms with Crippen LogP contribution in [0.25, 0.3) is 0 Å². The van der Waals surface area contributed by atoms with Crippen LogP contribution in [0.4, 0.5) is 0 Å². The van der Waals surface area contributed by atoms with E-state index in [0.29, 0.717) is 5.91 Å². The molecule has 0 aromatic rings. The molecule has 1 N–H and O–H groups in total. The number of rotatable bonds is 0. The molecule has 0 saturated carbocycles. The minimum Gasteiger partial charge on any atom is -0.344 e. The third-order valence-electron chi connectivity index (χ3n) is 3.35. The Kier molecular flexibility index (Phi) is 2.28. The average molecular weight is 182 g/mol. The molecule has 0 bridgehead atoms. The minimum atomic E-state index is -0.175. The molecule has 2 rings (SSSR count). The fourth-order valence-electron chi connectivity index (χ4n) is 2.55. The summed E-state index contributed by atoms with van der Waals surface area (Å²) in [5, 5.41) is 3.40. The van der Waals surface area contributed by atoms with Gasteiger partial charge in [-0.1, -0.05) is 0 Å². The lowest BCUT2D eigenvalue weighted by atomic mass is 9.91. The molecule has 0 radical (unpaired) electrons. The molecule has 0 aromatic carbocycles. The number of carbonyl (C=O) groups is 1. The van der Waals surface area contributed by atoms with E-state index in [-0.39, 0.29) is 5.54 Å². The van der Waals surface area contributed by atoms with Gasteiger partial charge in [-0.3, -0.25) is 4.79 Å². The first-order valence-electron chi connectivity index (χ1n) is 5.25. The fraction of sp³-hybridized carbons (Fsp3) is 0.900. The van der Waals surface area contributed by atoms with Crippen LogP contribution in [0, 0.1) is 0 Å². The molecular weight excluding hydrogens is 164 g/mol. The summed E-state index contributed by atoms with van der Waals surface area (Å²) in [5.74, 6) is 0.322. The molecule has 2 saturated heterocycles. The van der Waals surface area contributed by atoms with Gasteiger partial charge in [0.1, 0.15) is 0 Å². The molecule has 0 aromatic heterocycles. The zero-order valence-electron chi connectivity index (χ0n) is 8.31. The Morgan fingerprint density at radius 3 is 2.77 bits per heavy atom. The van der Waals surface area contributed by atoms with Gasteiger partial charge in [-0.25, -0.2) is 0 Å². The third kappa shape index (κ3) is 1.46.